The van der Waals surface area contributed by atoms with Crippen LogP contribution in [0.1, 0.15) is 25.3 Å². The molecule has 2 rings (SSSR count). The van der Waals surface area contributed by atoms with Gasteiger partial charge in [0.2, 0.25) is 5.91 Å². The molecule has 0 aliphatic rings. The number of para-hydroxylation sites is 2. The molecule has 174 valence electrons. The van der Waals surface area contributed by atoms with E-state index in [1.807, 2.05) is 30.3 Å². The molecular formula is C22H28ClN3O6. The summed E-state index contributed by atoms with van der Waals surface area (Å²) in [6.07, 6.45) is -0.803. The first-order chi connectivity index (χ1) is 14.9. The molecule has 0 saturated heterocycles. The zero-order valence-corrected chi connectivity index (χ0v) is 18.5. The molecule has 1 unspecified atom stereocenters. The summed E-state index contributed by atoms with van der Waals surface area (Å²) >= 11 is 0. The van der Waals surface area contributed by atoms with Crippen LogP contribution in [0.3, 0.4) is 0 Å². The number of carboxylic acid groups (broad SMARTS) is 1. The van der Waals surface area contributed by atoms with Gasteiger partial charge in [-0.15, -0.1) is 12.4 Å². The smallest absolute Gasteiger partial charge is 0.407 e. The summed E-state index contributed by atoms with van der Waals surface area (Å²) in [6.45, 7) is 1.88. The van der Waals surface area contributed by atoms with Crippen LogP contribution in [-0.2, 0) is 20.9 Å². The summed E-state index contributed by atoms with van der Waals surface area (Å²) in [7, 11) is 0. The fourth-order valence-electron chi connectivity index (χ4n) is 2.56. The van der Waals surface area contributed by atoms with E-state index in [1.165, 1.54) is 6.92 Å². The first kappa shape index (κ1) is 26.7. The van der Waals surface area contributed by atoms with E-state index in [9.17, 15) is 14.4 Å². The molecular weight excluding hydrogens is 438 g/mol. The molecule has 0 radical (unpaired) electrons. The Morgan fingerprint density at radius 1 is 1.06 bits per heavy atom. The van der Waals surface area contributed by atoms with Crippen LogP contribution >= 0.6 is 12.4 Å². The molecule has 0 fully saturated rings. The van der Waals surface area contributed by atoms with Crippen molar-refractivity contribution in [3.8, 4) is 5.75 Å². The van der Waals surface area contributed by atoms with Gasteiger partial charge in [0, 0.05) is 6.54 Å². The molecule has 0 heterocycles. The number of alkyl carbamates (subject to hydrolysis) is 1. The molecule has 2 aromatic rings. The third kappa shape index (κ3) is 9.23. The van der Waals surface area contributed by atoms with Crippen molar-refractivity contribution in [3.05, 3.63) is 60.2 Å². The quantitative estimate of drug-likeness (QED) is 0.374. The molecule has 32 heavy (non-hydrogen) atoms. The molecule has 2 amide bonds. The lowest BCUT2D eigenvalue weighted by molar-refractivity contribution is -0.144. The number of aliphatic carboxylic acids is 1. The lowest BCUT2D eigenvalue weighted by Crippen LogP contribution is -2.36. The molecule has 0 bridgehead atoms. The summed E-state index contributed by atoms with van der Waals surface area (Å²) in [4.78, 5) is 35.0. The first-order valence-electron chi connectivity index (χ1n) is 9.86. The highest BCUT2D eigenvalue weighted by Crippen LogP contribution is 2.25. The van der Waals surface area contributed by atoms with Gasteiger partial charge in [-0.1, -0.05) is 42.5 Å². The Morgan fingerprint density at radius 2 is 1.72 bits per heavy atom. The minimum atomic E-state index is -1.12. The van der Waals surface area contributed by atoms with Crippen molar-refractivity contribution in [2.24, 2.45) is 5.73 Å². The number of carbonyl (C=O) groups excluding carboxylic acids is 2. The van der Waals surface area contributed by atoms with Gasteiger partial charge in [-0.05, 0) is 37.5 Å². The lowest BCUT2D eigenvalue weighted by atomic mass is 10.1. The minimum absolute atomic E-state index is 0. The summed E-state index contributed by atoms with van der Waals surface area (Å²) in [5, 5.41) is 14.2. The van der Waals surface area contributed by atoms with Gasteiger partial charge >= 0.3 is 12.1 Å². The third-order valence-electron chi connectivity index (χ3n) is 4.31. The number of hydrogen-bond donors (Lipinski definition) is 4. The van der Waals surface area contributed by atoms with Crippen LogP contribution in [-0.4, -0.2) is 41.8 Å². The van der Waals surface area contributed by atoms with E-state index >= 15 is 0 Å². The standard InChI is InChI=1S/C22H27N3O6.ClH/c1-15(21(27)28)31-19-12-6-5-11-18(19)25-20(26)17(23)10-7-13-24-22(29)30-14-16-8-3-2-4-9-16;/h2-6,8-9,11-12,15,17H,7,10,13-14,23H2,1H3,(H,24,29)(H,25,26)(H,27,28);1H/t15?,17-;/m0./s1. The number of nitrogens with one attached hydrogen (secondary N) is 2. The summed E-state index contributed by atoms with van der Waals surface area (Å²) < 4.78 is 10.5. The highest BCUT2D eigenvalue weighted by Gasteiger charge is 2.18. The number of carboxylic acids is 1. The van der Waals surface area contributed by atoms with Crippen LogP contribution in [0.5, 0.6) is 5.75 Å². The van der Waals surface area contributed by atoms with Crippen molar-refractivity contribution >= 4 is 36.1 Å². The van der Waals surface area contributed by atoms with Gasteiger partial charge in [-0.25, -0.2) is 9.59 Å². The van der Waals surface area contributed by atoms with Crippen molar-refractivity contribution in [1.82, 2.24) is 5.32 Å². The van der Waals surface area contributed by atoms with Gasteiger partial charge in [0.1, 0.15) is 12.4 Å². The number of halogens is 1. The van der Waals surface area contributed by atoms with Crippen molar-refractivity contribution < 1.29 is 29.0 Å². The maximum absolute atomic E-state index is 12.4. The molecule has 0 aromatic heterocycles. The number of ether oxygens (including phenoxy) is 2. The summed E-state index contributed by atoms with van der Waals surface area (Å²) in [5.74, 6) is -1.32. The number of amides is 2. The number of hydrogen-bond acceptors (Lipinski definition) is 6. The largest absolute Gasteiger partial charge is 0.479 e. The van der Waals surface area contributed by atoms with E-state index in [0.29, 0.717) is 25.1 Å². The Hall–Kier alpha value is -3.30. The van der Waals surface area contributed by atoms with Crippen molar-refractivity contribution in [3.63, 3.8) is 0 Å². The average Bonchev–Trinajstić information content (AvgIpc) is 2.77. The van der Waals surface area contributed by atoms with Crippen LogP contribution in [0.2, 0.25) is 0 Å². The Labute approximate surface area is 192 Å². The van der Waals surface area contributed by atoms with E-state index in [1.54, 1.807) is 24.3 Å². The molecule has 0 spiro atoms. The fourth-order valence-corrected chi connectivity index (χ4v) is 2.56. The topological polar surface area (TPSA) is 140 Å². The van der Waals surface area contributed by atoms with Gasteiger partial charge in [0.05, 0.1) is 11.7 Å². The fraction of sp³-hybridized carbons (Fsp3) is 0.318. The maximum atomic E-state index is 12.4. The summed E-state index contributed by atoms with van der Waals surface area (Å²) in [6, 6.07) is 15.0. The van der Waals surface area contributed by atoms with E-state index in [-0.39, 0.29) is 24.8 Å². The van der Waals surface area contributed by atoms with Gasteiger partial charge in [-0.2, -0.15) is 0 Å². The monoisotopic (exact) mass is 465 g/mol. The first-order valence-corrected chi connectivity index (χ1v) is 9.86. The van der Waals surface area contributed by atoms with Crippen LogP contribution in [0.25, 0.3) is 0 Å². The van der Waals surface area contributed by atoms with Crippen LogP contribution in [0.15, 0.2) is 54.6 Å². The zero-order valence-electron chi connectivity index (χ0n) is 17.7. The van der Waals surface area contributed by atoms with Crippen molar-refractivity contribution in [2.75, 3.05) is 11.9 Å². The van der Waals surface area contributed by atoms with Gasteiger partial charge in [0.15, 0.2) is 6.10 Å². The Morgan fingerprint density at radius 3 is 2.41 bits per heavy atom. The van der Waals surface area contributed by atoms with Crippen LogP contribution in [0.4, 0.5) is 10.5 Å². The Balaban J connectivity index is 0.00000512. The molecule has 2 aromatic carbocycles. The molecule has 9 nitrogen and oxygen atoms in total. The van der Waals surface area contributed by atoms with E-state index in [4.69, 9.17) is 20.3 Å². The Kier molecular flexibility index (Phi) is 11.6. The lowest BCUT2D eigenvalue weighted by Gasteiger charge is -2.17. The van der Waals surface area contributed by atoms with Gasteiger partial charge in [-0.3, -0.25) is 4.79 Å². The zero-order chi connectivity index (χ0) is 22.6. The minimum Gasteiger partial charge on any atom is -0.479 e. The number of carbonyl (C=O) groups is 3. The number of nitrogens with two attached hydrogens (primary N) is 1. The van der Waals surface area contributed by atoms with Gasteiger partial charge in [0.25, 0.3) is 0 Å². The number of anilines is 1. The number of rotatable bonds is 11. The average molecular weight is 466 g/mol. The summed E-state index contributed by atoms with van der Waals surface area (Å²) in [5.41, 5.74) is 7.14. The second-order valence-electron chi connectivity index (χ2n) is 6.82. The maximum Gasteiger partial charge on any atom is 0.407 e. The molecule has 0 saturated carbocycles. The van der Waals surface area contributed by atoms with E-state index in [2.05, 4.69) is 10.6 Å². The van der Waals surface area contributed by atoms with Crippen molar-refractivity contribution in [1.29, 1.82) is 0 Å². The third-order valence-corrected chi connectivity index (χ3v) is 4.31. The van der Waals surface area contributed by atoms with Crippen LogP contribution < -0.4 is 21.1 Å². The molecule has 0 aliphatic heterocycles. The SMILES string of the molecule is CC(Oc1ccccc1NC(=O)[C@@H](N)CCCNC(=O)OCc1ccccc1)C(=O)O.Cl. The van der Waals surface area contributed by atoms with E-state index < -0.39 is 30.1 Å². The van der Waals surface area contributed by atoms with Crippen LogP contribution in [0, 0.1) is 0 Å². The Bertz CT molecular complexity index is 881. The predicted octanol–water partition coefficient (Wildman–Crippen LogP) is 2.93. The van der Waals surface area contributed by atoms with Gasteiger partial charge < -0.3 is 30.9 Å². The normalized spacial score (nSPS) is 11.9. The predicted molar refractivity (Wildman–Crippen MR) is 122 cm³/mol. The molecule has 5 N–H and O–H groups in total. The second-order valence-corrected chi connectivity index (χ2v) is 6.82. The molecule has 2 atom stereocenters. The highest BCUT2D eigenvalue weighted by molar-refractivity contribution is 5.96. The highest BCUT2D eigenvalue weighted by atomic mass is 35.5. The molecule has 0 aliphatic carbocycles. The van der Waals surface area contributed by atoms with E-state index in [0.717, 1.165) is 5.56 Å². The second kappa shape index (κ2) is 13.9. The van der Waals surface area contributed by atoms with Crippen molar-refractivity contribution in [2.45, 2.75) is 38.5 Å². The number of benzene rings is 2. The molecule has 10 heteroatoms.